The minimum atomic E-state index is -0.253. The Morgan fingerprint density at radius 1 is 1.06 bits per heavy atom. The van der Waals surface area contributed by atoms with Gasteiger partial charge in [0.05, 0.1) is 17.4 Å². The number of hydrogen-bond acceptors (Lipinski definition) is 2. The number of amides is 1. The van der Waals surface area contributed by atoms with Crippen molar-refractivity contribution < 1.29 is 9.18 Å². The monoisotopic (exact) mass is 465 g/mol. The lowest BCUT2D eigenvalue weighted by molar-refractivity contribution is -0.137. The van der Waals surface area contributed by atoms with E-state index in [1.54, 1.807) is 12.1 Å². The van der Waals surface area contributed by atoms with Gasteiger partial charge in [0.1, 0.15) is 5.82 Å². The fourth-order valence-electron chi connectivity index (χ4n) is 6.81. The maximum Gasteiger partial charge on any atom is 0.225 e. The topological polar surface area (TPSA) is 38.1 Å². The number of likely N-dealkylation sites (tertiary alicyclic amines) is 1. The zero-order chi connectivity index (χ0) is 23.7. The normalized spacial score (nSPS) is 25.5. The summed E-state index contributed by atoms with van der Waals surface area (Å²) in [5, 5.41) is 5.71. The number of halogens is 1. The number of carbonyl (C=O) groups is 1. The van der Waals surface area contributed by atoms with Gasteiger partial charge in [0.2, 0.25) is 5.91 Å². The first kappa shape index (κ1) is 20.9. The standard InChI is InChI=1S/C30H28FN3O/c1-19-14-27-22(16-32-34(27)24-12-10-23(31)11-13-24)15-25(19)30-18-33(29(35)21-8-5-9-21)17-26(30)28(30)20-6-3-2-4-7-20/h2-4,6-7,10-16,21,26,28H,5,8-9,17-18H2,1H3. The van der Waals surface area contributed by atoms with Gasteiger partial charge in [0, 0.05) is 35.7 Å². The Bertz CT molecular complexity index is 1440. The van der Waals surface area contributed by atoms with Crippen molar-refractivity contribution in [3.8, 4) is 5.69 Å². The van der Waals surface area contributed by atoms with Crippen LogP contribution in [0.5, 0.6) is 0 Å². The lowest BCUT2D eigenvalue weighted by Gasteiger charge is -2.32. The summed E-state index contributed by atoms with van der Waals surface area (Å²) >= 11 is 0. The van der Waals surface area contributed by atoms with E-state index in [9.17, 15) is 9.18 Å². The molecule has 0 spiro atoms. The summed E-state index contributed by atoms with van der Waals surface area (Å²) in [7, 11) is 0. The molecule has 3 aromatic carbocycles. The summed E-state index contributed by atoms with van der Waals surface area (Å²) in [4.78, 5) is 15.3. The van der Waals surface area contributed by atoms with E-state index in [0.717, 1.165) is 42.5 Å². The zero-order valence-corrected chi connectivity index (χ0v) is 19.8. The van der Waals surface area contributed by atoms with Crippen LogP contribution in [0, 0.1) is 24.6 Å². The third-order valence-corrected chi connectivity index (χ3v) is 8.79. The lowest BCUT2D eigenvalue weighted by Crippen LogP contribution is -2.40. The van der Waals surface area contributed by atoms with Gasteiger partial charge in [-0.15, -0.1) is 0 Å². The van der Waals surface area contributed by atoms with Crippen molar-refractivity contribution in [3.63, 3.8) is 0 Å². The second-order valence-corrected chi connectivity index (χ2v) is 10.6. The second-order valence-electron chi connectivity index (χ2n) is 10.6. The molecule has 4 nitrogen and oxygen atoms in total. The number of fused-ring (bicyclic) bond motifs is 2. The zero-order valence-electron chi connectivity index (χ0n) is 19.8. The van der Waals surface area contributed by atoms with Crippen LogP contribution < -0.4 is 0 Å². The highest BCUT2D eigenvalue weighted by atomic mass is 19.1. The van der Waals surface area contributed by atoms with Crippen LogP contribution in [0.1, 0.15) is 41.9 Å². The van der Waals surface area contributed by atoms with Crippen LogP contribution in [0.3, 0.4) is 0 Å². The third kappa shape index (κ3) is 3.03. The predicted molar refractivity (Wildman–Crippen MR) is 134 cm³/mol. The number of aryl methyl sites for hydroxylation is 1. The van der Waals surface area contributed by atoms with Crippen LogP contribution in [0.15, 0.2) is 72.9 Å². The molecule has 2 aliphatic carbocycles. The number of aromatic nitrogens is 2. The Morgan fingerprint density at radius 2 is 1.83 bits per heavy atom. The summed E-state index contributed by atoms with van der Waals surface area (Å²) in [5.74, 6) is 1.21. The van der Waals surface area contributed by atoms with E-state index in [2.05, 4.69) is 59.4 Å². The van der Waals surface area contributed by atoms with Crippen LogP contribution in [-0.2, 0) is 10.2 Å². The Kier molecular flexibility index (Phi) is 4.48. The molecule has 3 aliphatic rings. The molecule has 5 heteroatoms. The number of benzene rings is 3. The summed E-state index contributed by atoms with van der Waals surface area (Å²) in [5.41, 5.74) is 5.75. The highest BCUT2D eigenvalue weighted by Crippen LogP contribution is 2.70. The number of nitrogens with zero attached hydrogens (tertiary/aromatic N) is 3. The van der Waals surface area contributed by atoms with Crippen molar-refractivity contribution in [3.05, 3.63) is 95.4 Å². The summed E-state index contributed by atoms with van der Waals surface area (Å²) in [6, 6.07) is 21.8. The molecule has 2 heterocycles. The van der Waals surface area contributed by atoms with Crippen molar-refractivity contribution >= 4 is 16.8 Å². The van der Waals surface area contributed by atoms with E-state index >= 15 is 0 Å². The second kappa shape index (κ2) is 7.51. The van der Waals surface area contributed by atoms with Crippen molar-refractivity contribution in [2.45, 2.75) is 37.5 Å². The van der Waals surface area contributed by atoms with E-state index < -0.39 is 0 Å². The Hall–Kier alpha value is -3.47. The average Bonchev–Trinajstić information content (AvgIpc) is 3.10. The van der Waals surface area contributed by atoms with Gasteiger partial charge in [0.25, 0.3) is 0 Å². The Balaban J connectivity index is 1.31. The molecule has 176 valence electrons. The SMILES string of the molecule is Cc1cc2c(cnn2-c2ccc(F)cc2)cc1C12CN(C(=O)C3CCC3)CC1C2c1ccccc1. The molecule has 7 rings (SSSR count). The largest absolute Gasteiger partial charge is 0.341 e. The number of hydrogen-bond donors (Lipinski definition) is 0. The van der Waals surface area contributed by atoms with E-state index in [1.165, 1.54) is 35.2 Å². The van der Waals surface area contributed by atoms with Gasteiger partial charge in [-0.1, -0.05) is 36.8 Å². The molecular formula is C30H28FN3O. The number of carbonyl (C=O) groups excluding carboxylic acids is 1. The molecule has 0 N–H and O–H groups in total. The van der Waals surface area contributed by atoms with Crippen molar-refractivity contribution in [2.75, 3.05) is 13.1 Å². The minimum absolute atomic E-state index is 0.0446. The molecule has 2 saturated carbocycles. The van der Waals surface area contributed by atoms with Crippen LogP contribution in [-0.4, -0.2) is 33.7 Å². The van der Waals surface area contributed by atoms with Crippen LogP contribution in [0.4, 0.5) is 4.39 Å². The van der Waals surface area contributed by atoms with Crippen molar-refractivity contribution in [1.29, 1.82) is 0 Å². The van der Waals surface area contributed by atoms with Crippen LogP contribution in [0.2, 0.25) is 0 Å². The van der Waals surface area contributed by atoms with E-state index in [0.29, 0.717) is 17.7 Å². The number of piperidine rings is 1. The van der Waals surface area contributed by atoms with Crippen molar-refractivity contribution in [1.82, 2.24) is 14.7 Å². The molecule has 1 aromatic heterocycles. The molecule has 35 heavy (non-hydrogen) atoms. The smallest absolute Gasteiger partial charge is 0.225 e. The quantitative estimate of drug-likeness (QED) is 0.384. The molecular weight excluding hydrogens is 437 g/mol. The molecule has 0 radical (unpaired) electrons. The predicted octanol–water partition coefficient (Wildman–Crippen LogP) is 5.77. The van der Waals surface area contributed by atoms with E-state index in [1.807, 2.05) is 10.9 Å². The Labute approximate surface area is 204 Å². The van der Waals surface area contributed by atoms with Crippen LogP contribution >= 0.6 is 0 Å². The fraction of sp³-hybridized carbons (Fsp3) is 0.333. The van der Waals surface area contributed by atoms with Gasteiger partial charge in [0.15, 0.2) is 0 Å². The minimum Gasteiger partial charge on any atom is -0.341 e. The fourth-order valence-corrected chi connectivity index (χ4v) is 6.81. The third-order valence-electron chi connectivity index (χ3n) is 8.79. The molecule has 1 aliphatic heterocycles. The molecule has 4 aromatic rings. The van der Waals surface area contributed by atoms with Gasteiger partial charge >= 0.3 is 0 Å². The molecule has 1 saturated heterocycles. The molecule has 3 unspecified atom stereocenters. The summed E-state index contributed by atoms with van der Waals surface area (Å²) < 4.78 is 15.3. The molecule has 0 bridgehead atoms. The van der Waals surface area contributed by atoms with Gasteiger partial charge in [-0.3, -0.25) is 4.79 Å². The first-order valence-electron chi connectivity index (χ1n) is 12.6. The average molecular weight is 466 g/mol. The van der Waals surface area contributed by atoms with Gasteiger partial charge in [-0.25, -0.2) is 9.07 Å². The van der Waals surface area contributed by atoms with E-state index in [4.69, 9.17) is 0 Å². The molecule has 1 amide bonds. The van der Waals surface area contributed by atoms with Crippen molar-refractivity contribution in [2.24, 2.45) is 11.8 Å². The summed E-state index contributed by atoms with van der Waals surface area (Å²) in [6.07, 6.45) is 5.17. The first-order chi connectivity index (χ1) is 17.1. The Morgan fingerprint density at radius 3 is 2.54 bits per heavy atom. The first-order valence-corrected chi connectivity index (χ1v) is 12.6. The lowest BCUT2D eigenvalue weighted by atomic mass is 9.83. The highest BCUT2D eigenvalue weighted by Gasteiger charge is 2.71. The van der Waals surface area contributed by atoms with E-state index in [-0.39, 0.29) is 17.2 Å². The van der Waals surface area contributed by atoms with Crippen LogP contribution in [0.25, 0.3) is 16.6 Å². The highest BCUT2D eigenvalue weighted by molar-refractivity contribution is 5.84. The summed E-state index contributed by atoms with van der Waals surface area (Å²) in [6.45, 7) is 3.82. The van der Waals surface area contributed by atoms with Gasteiger partial charge in [-0.2, -0.15) is 5.10 Å². The van der Waals surface area contributed by atoms with Gasteiger partial charge < -0.3 is 4.90 Å². The maximum absolute atomic E-state index is 13.5. The molecule has 3 atom stereocenters. The number of rotatable bonds is 4. The molecule has 3 fully saturated rings. The van der Waals surface area contributed by atoms with Gasteiger partial charge in [-0.05, 0) is 78.8 Å². The maximum atomic E-state index is 13.5.